The molecule has 0 atom stereocenters. The molecule has 0 aliphatic rings. The average Bonchev–Trinajstić information content (AvgIpc) is 2.45. The summed E-state index contributed by atoms with van der Waals surface area (Å²) in [6.45, 7) is 2.10. The molecule has 0 radical (unpaired) electrons. The van der Waals surface area contributed by atoms with Crippen LogP contribution >= 0.6 is 0 Å². The summed E-state index contributed by atoms with van der Waals surface area (Å²) in [6, 6.07) is 11.4. The topological polar surface area (TPSA) is 27.7 Å². The predicted octanol–water partition coefficient (Wildman–Crippen LogP) is 2.53. The molecular formula is C15H28NO3Si+. The van der Waals surface area contributed by atoms with Crippen molar-refractivity contribution in [3.8, 4) is 0 Å². The Morgan fingerprint density at radius 3 is 2.00 bits per heavy atom. The summed E-state index contributed by atoms with van der Waals surface area (Å²) in [6.07, 6.45) is 1.03. The highest BCUT2D eigenvalue weighted by Crippen LogP contribution is 2.17. The minimum Gasteiger partial charge on any atom is -0.377 e. The van der Waals surface area contributed by atoms with Gasteiger partial charge >= 0.3 is 8.80 Å². The molecule has 0 amide bonds. The van der Waals surface area contributed by atoms with Gasteiger partial charge in [-0.15, -0.1) is 0 Å². The number of quaternary nitrogens is 1. The highest BCUT2D eigenvalue weighted by Gasteiger charge is 2.37. The van der Waals surface area contributed by atoms with Crippen LogP contribution in [0.15, 0.2) is 30.3 Å². The molecule has 0 heterocycles. The van der Waals surface area contributed by atoms with Gasteiger partial charge in [-0.2, -0.15) is 0 Å². The third-order valence-corrected chi connectivity index (χ3v) is 6.46. The van der Waals surface area contributed by atoms with Crippen LogP contribution in [0.1, 0.15) is 12.0 Å². The van der Waals surface area contributed by atoms with Crippen molar-refractivity contribution in [1.29, 1.82) is 0 Å². The van der Waals surface area contributed by atoms with Gasteiger partial charge in [0.25, 0.3) is 0 Å². The van der Waals surface area contributed by atoms with Gasteiger partial charge in [0.05, 0.1) is 20.6 Å². The molecule has 0 aliphatic heterocycles. The highest BCUT2D eigenvalue weighted by molar-refractivity contribution is 6.60. The lowest BCUT2D eigenvalue weighted by atomic mass is 10.2. The summed E-state index contributed by atoms with van der Waals surface area (Å²) in [5.41, 5.74) is 1.37. The fourth-order valence-electron chi connectivity index (χ4n) is 2.44. The van der Waals surface area contributed by atoms with Gasteiger partial charge in [0, 0.05) is 39.4 Å². The van der Waals surface area contributed by atoms with Crippen molar-refractivity contribution >= 4 is 8.80 Å². The Morgan fingerprint density at radius 1 is 0.950 bits per heavy atom. The zero-order valence-corrected chi connectivity index (χ0v) is 14.4. The first-order valence-electron chi connectivity index (χ1n) is 6.98. The van der Waals surface area contributed by atoms with Crippen molar-refractivity contribution in [3.63, 3.8) is 0 Å². The van der Waals surface area contributed by atoms with Crippen molar-refractivity contribution in [2.24, 2.45) is 0 Å². The number of benzene rings is 1. The van der Waals surface area contributed by atoms with Crippen LogP contribution in [0.25, 0.3) is 0 Å². The Morgan fingerprint density at radius 2 is 1.50 bits per heavy atom. The third-order valence-electron chi connectivity index (χ3n) is 3.63. The van der Waals surface area contributed by atoms with E-state index in [4.69, 9.17) is 13.3 Å². The third kappa shape index (κ3) is 5.34. The van der Waals surface area contributed by atoms with Crippen LogP contribution in [0, 0.1) is 0 Å². The minimum atomic E-state index is -2.42. The first-order chi connectivity index (χ1) is 9.47. The smallest absolute Gasteiger partial charge is 0.377 e. The van der Waals surface area contributed by atoms with Gasteiger partial charge in [0.15, 0.2) is 0 Å². The van der Waals surface area contributed by atoms with Gasteiger partial charge in [-0.3, -0.25) is 0 Å². The SMILES string of the molecule is CO[Si](CCC[N+](C)(C)Cc1ccccc1)(OC)OC. The quantitative estimate of drug-likeness (QED) is 0.518. The Hall–Kier alpha value is -0.723. The maximum atomic E-state index is 5.46. The van der Waals surface area contributed by atoms with Crippen LogP contribution in [0.3, 0.4) is 0 Å². The Bertz CT molecular complexity index is 372. The lowest BCUT2D eigenvalue weighted by Gasteiger charge is -2.31. The molecule has 5 heteroatoms. The van der Waals surface area contributed by atoms with Gasteiger partial charge in [-0.05, 0) is 0 Å². The lowest BCUT2D eigenvalue weighted by Crippen LogP contribution is -2.45. The van der Waals surface area contributed by atoms with E-state index in [-0.39, 0.29) is 0 Å². The summed E-state index contributed by atoms with van der Waals surface area (Å²) in [4.78, 5) is 0. The van der Waals surface area contributed by atoms with E-state index >= 15 is 0 Å². The molecule has 0 aromatic heterocycles. The molecule has 1 aromatic carbocycles. The molecule has 0 aliphatic carbocycles. The summed E-state index contributed by atoms with van der Waals surface area (Å²) in [5.74, 6) is 0. The molecule has 0 N–H and O–H groups in total. The van der Waals surface area contributed by atoms with E-state index in [0.29, 0.717) is 0 Å². The number of rotatable bonds is 9. The molecule has 0 spiro atoms. The lowest BCUT2D eigenvalue weighted by molar-refractivity contribution is -0.903. The van der Waals surface area contributed by atoms with E-state index in [1.165, 1.54) is 5.56 Å². The Labute approximate surface area is 124 Å². The fourth-order valence-corrected chi connectivity index (χ4v) is 4.14. The largest absolute Gasteiger partial charge is 0.500 e. The van der Waals surface area contributed by atoms with Crippen LogP contribution in [0.2, 0.25) is 6.04 Å². The van der Waals surface area contributed by atoms with Crippen LogP contribution in [-0.4, -0.2) is 55.3 Å². The van der Waals surface area contributed by atoms with Crippen LogP contribution in [0.4, 0.5) is 0 Å². The van der Waals surface area contributed by atoms with Crippen molar-refractivity contribution in [1.82, 2.24) is 0 Å². The maximum absolute atomic E-state index is 5.46. The highest BCUT2D eigenvalue weighted by atomic mass is 28.4. The van der Waals surface area contributed by atoms with E-state index in [2.05, 4.69) is 44.4 Å². The Kier molecular flexibility index (Phi) is 6.85. The molecule has 1 aromatic rings. The van der Waals surface area contributed by atoms with Crippen molar-refractivity contribution < 1.29 is 17.8 Å². The minimum absolute atomic E-state index is 0.854. The van der Waals surface area contributed by atoms with Gasteiger partial charge < -0.3 is 17.8 Å². The van der Waals surface area contributed by atoms with Crippen molar-refractivity contribution in [3.05, 3.63) is 35.9 Å². The zero-order chi connectivity index (χ0) is 15.1. The molecule has 0 saturated heterocycles. The maximum Gasteiger partial charge on any atom is 0.500 e. The number of hydrogen-bond acceptors (Lipinski definition) is 3. The van der Waals surface area contributed by atoms with Gasteiger partial charge in [-0.25, -0.2) is 0 Å². The van der Waals surface area contributed by atoms with Gasteiger partial charge in [0.1, 0.15) is 6.54 Å². The summed E-state index contributed by atoms with van der Waals surface area (Å²) in [7, 11) is 7.10. The summed E-state index contributed by atoms with van der Waals surface area (Å²) < 4.78 is 17.3. The molecule has 0 saturated carbocycles. The number of hydrogen-bond donors (Lipinski definition) is 0. The average molecular weight is 298 g/mol. The molecule has 1 rings (SSSR count). The molecule has 4 nitrogen and oxygen atoms in total. The molecule has 0 bridgehead atoms. The van der Waals surface area contributed by atoms with Gasteiger partial charge in [0.2, 0.25) is 0 Å². The second kappa shape index (κ2) is 7.90. The van der Waals surface area contributed by atoms with E-state index in [1.54, 1.807) is 21.3 Å². The van der Waals surface area contributed by atoms with E-state index in [1.807, 2.05) is 0 Å². The molecule has 20 heavy (non-hydrogen) atoms. The second-order valence-electron chi connectivity index (χ2n) is 5.70. The summed E-state index contributed by atoms with van der Waals surface area (Å²) in [5, 5.41) is 0. The standard InChI is InChI=1S/C15H28NO3Si/c1-16(2,14-15-10-7-6-8-11-15)12-9-13-20(17-3,18-4)19-5/h6-8,10-11H,9,12-14H2,1-5H3/q+1. The molecular weight excluding hydrogens is 270 g/mol. The zero-order valence-electron chi connectivity index (χ0n) is 13.4. The van der Waals surface area contributed by atoms with Crippen LogP contribution in [0.5, 0.6) is 0 Å². The van der Waals surface area contributed by atoms with Crippen LogP contribution < -0.4 is 0 Å². The predicted molar refractivity (Wildman–Crippen MR) is 83.3 cm³/mol. The van der Waals surface area contributed by atoms with E-state index in [0.717, 1.165) is 30.0 Å². The summed E-state index contributed by atoms with van der Waals surface area (Å²) >= 11 is 0. The Balaban J connectivity index is 2.47. The number of nitrogens with zero attached hydrogens (tertiary/aromatic N) is 1. The van der Waals surface area contributed by atoms with Crippen molar-refractivity contribution in [2.75, 3.05) is 42.0 Å². The normalized spacial score (nSPS) is 12.7. The first kappa shape index (κ1) is 17.3. The van der Waals surface area contributed by atoms with E-state index < -0.39 is 8.80 Å². The molecule has 0 fully saturated rings. The monoisotopic (exact) mass is 298 g/mol. The van der Waals surface area contributed by atoms with Crippen molar-refractivity contribution in [2.45, 2.75) is 19.0 Å². The molecule has 0 unspecified atom stereocenters. The molecule has 114 valence electrons. The fraction of sp³-hybridized carbons (Fsp3) is 0.600. The first-order valence-corrected chi connectivity index (χ1v) is 8.91. The van der Waals surface area contributed by atoms with E-state index in [9.17, 15) is 0 Å². The second-order valence-corrected chi connectivity index (χ2v) is 8.79. The van der Waals surface area contributed by atoms with Gasteiger partial charge in [-0.1, -0.05) is 30.3 Å². The van der Waals surface area contributed by atoms with Crippen LogP contribution in [-0.2, 0) is 19.8 Å².